The second-order valence-electron chi connectivity index (χ2n) is 5.18. The third kappa shape index (κ3) is 6.00. The number of benzene rings is 1. The highest BCUT2D eigenvalue weighted by atomic mass is 16.5. The normalized spacial score (nSPS) is 10.7. The number of aromatic nitrogens is 2. The molecule has 114 valence electrons. The second kappa shape index (κ2) is 9.19. The van der Waals surface area contributed by atoms with Gasteiger partial charge in [0.1, 0.15) is 5.75 Å². The molecule has 0 spiro atoms. The topological polar surface area (TPSA) is 39.1 Å². The molecule has 1 aromatic carbocycles. The van der Waals surface area contributed by atoms with Crippen molar-refractivity contribution < 1.29 is 4.74 Å². The summed E-state index contributed by atoms with van der Waals surface area (Å²) in [6.07, 6.45) is 9.09. The van der Waals surface area contributed by atoms with Crippen LogP contribution in [0.5, 0.6) is 5.75 Å². The maximum Gasteiger partial charge on any atom is 0.119 e. The molecule has 2 rings (SSSR count). The van der Waals surface area contributed by atoms with E-state index in [9.17, 15) is 0 Å². The van der Waals surface area contributed by atoms with Crippen molar-refractivity contribution in [2.75, 3.05) is 13.2 Å². The molecule has 0 aliphatic heterocycles. The molecule has 0 unspecified atom stereocenters. The zero-order chi connectivity index (χ0) is 14.8. The van der Waals surface area contributed by atoms with Crippen LogP contribution in [0.3, 0.4) is 0 Å². The lowest BCUT2D eigenvalue weighted by Gasteiger charge is -2.08. The van der Waals surface area contributed by atoms with Gasteiger partial charge in [-0.1, -0.05) is 19.1 Å². The fourth-order valence-electron chi connectivity index (χ4n) is 2.16. The molecule has 1 N–H and O–H groups in total. The minimum atomic E-state index is 0.783. The highest BCUT2D eigenvalue weighted by Gasteiger charge is 1.97. The summed E-state index contributed by atoms with van der Waals surface area (Å²) in [5.41, 5.74) is 1.28. The number of unbranched alkanes of at least 4 members (excludes halogenated alkanes) is 1. The number of hydrogen-bond acceptors (Lipinski definition) is 3. The smallest absolute Gasteiger partial charge is 0.119 e. The first-order chi connectivity index (χ1) is 10.4. The maximum absolute atomic E-state index is 5.65. The molecule has 0 fully saturated rings. The predicted octanol–water partition coefficient (Wildman–Crippen LogP) is 3.24. The van der Waals surface area contributed by atoms with Crippen LogP contribution in [0.2, 0.25) is 0 Å². The first-order valence-corrected chi connectivity index (χ1v) is 7.76. The fourth-order valence-corrected chi connectivity index (χ4v) is 2.16. The van der Waals surface area contributed by atoms with Gasteiger partial charge in [0.2, 0.25) is 0 Å². The standard InChI is InChI=1S/C17H25N3O/c1-2-12-21-17-7-5-6-16(13-17)14-18-8-3-4-10-20-11-9-19-15-20/h5-7,9,11,13,15,18H,2-4,8,10,12,14H2,1H3. The molecule has 4 heteroatoms. The molecule has 0 atom stereocenters. The van der Waals surface area contributed by atoms with Crippen molar-refractivity contribution in [1.82, 2.24) is 14.9 Å². The largest absolute Gasteiger partial charge is 0.494 e. The molecule has 2 aromatic rings. The Labute approximate surface area is 127 Å². The zero-order valence-corrected chi connectivity index (χ0v) is 12.8. The Morgan fingerprint density at radius 2 is 2.24 bits per heavy atom. The minimum Gasteiger partial charge on any atom is -0.494 e. The van der Waals surface area contributed by atoms with Gasteiger partial charge >= 0.3 is 0 Å². The van der Waals surface area contributed by atoms with E-state index in [0.717, 1.165) is 38.4 Å². The molecule has 21 heavy (non-hydrogen) atoms. The van der Waals surface area contributed by atoms with E-state index in [1.807, 2.05) is 24.8 Å². The van der Waals surface area contributed by atoms with E-state index < -0.39 is 0 Å². The zero-order valence-electron chi connectivity index (χ0n) is 12.8. The van der Waals surface area contributed by atoms with Crippen molar-refractivity contribution in [3.05, 3.63) is 48.5 Å². The van der Waals surface area contributed by atoms with E-state index in [0.29, 0.717) is 0 Å². The number of nitrogens with zero attached hydrogens (tertiary/aromatic N) is 2. The minimum absolute atomic E-state index is 0.783. The average molecular weight is 287 g/mol. The Kier molecular flexibility index (Phi) is 6.81. The lowest BCUT2D eigenvalue weighted by Crippen LogP contribution is -2.15. The summed E-state index contributed by atoms with van der Waals surface area (Å²) in [6.45, 7) is 5.88. The summed E-state index contributed by atoms with van der Waals surface area (Å²) >= 11 is 0. The molecule has 0 amide bonds. The van der Waals surface area contributed by atoms with Crippen molar-refractivity contribution >= 4 is 0 Å². The van der Waals surface area contributed by atoms with Crippen LogP contribution >= 0.6 is 0 Å². The van der Waals surface area contributed by atoms with E-state index in [4.69, 9.17) is 4.74 Å². The van der Waals surface area contributed by atoms with E-state index in [2.05, 4.69) is 40.0 Å². The van der Waals surface area contributed by atoms with Crippen LogP contribution in [0.1, 0.15) is 31.7 Å². The van der Waals surface area contributed by atoms with Gasteiger partial charge in [-0.3, -0.25) is 0 Å². The van der Waals surface area contributed by atoms with Gasteiger partial charge < -0.3 is 14.6 Å². The van der Waals surface area contributed by atoms with Crippen molar-refractivity contribution in [3.8, 4) is 5.75 Å². The van der Waals surface area contributed by atoms with Gasteiger partial charge in [-0.05, 0) is 43.5 Å². The third-order valence-electron chi connectivity index (χ3n) is 3.28. The number of ether oxygens (including phenoxy) is 1. The number of imidazole rings is 1. The molecule has 4 nitrogen and oxygen atoms in total. The van der Waals surface area contributed by atoms with E-state index >= 15 is 0 Å². The van der Waals surface area contributed by atoms with Crippen LogP contribution in [-0.2, 0) is 13.1 Å². The SMILES string of the molecule is CCCOc1cccc(CNCCCCn2ccnc2)c1. The Morgan fingerprint density at radius 3 is 3.05 bits per heavy atom. The van der Waals surface area contributed by atoms with Gasteiger partial charge in [0.25, 0.3) is 0 Å². The molecule has 1 heterocycles. The first kappa shape index (κ1) is 15.6. The molecule has 0 radical (unpaired) electrons. The van der Waals surface area contributed by atoms with Crippen molar-refractivity contribution in [3.63, 3.8) is 0 Å². The predicted molar refractivity (Wildman–Crippen MR) is 85.4 cm³/mol. The molecule has 0 aliphatic rings. The Balaban J connectivity index is 1.59. The lowest BCUT2D eigenvalue weighted by molar-refractivity contribution is 0.317. The summed E-state index contributed by atoms with van der Waals surface area (Å²) < 4.78 is 7.77. The Bertz CT molecular complexity index is 496. The summed E-state index contributed by atoms with van der Waals surface area (Å²) in [4.78, 5) is 4.04. The monoisotopic (exact) mass is 287 g/mol. The van der Waals surface area contributed by atoms with Crippen molar-refractivity contribution in [2.45, 2.75) is 39.3 Å². The van der Waals surface area contributed by atoms with Crippen LogP contribution in [0.25, 0.3) is 0 Å². The number of aryl methyl sites for hydroxylation is 1. The summed E-state index contributed by atoms with van der Waals surface area (Å²) in [5, 5.41) is 3.48. The van der Waals surface area contributed by atoms with Gasteiger partial charge in [-0.25, -0.2) is 4.98 Å². The quantitative estimate of drug-likeness (QED) is 0.682. The van der Waals surface area contributed by atoms with Crippen LogP contribution < -0.4 is 10.1 Å². The number of hydrogen-bond donors (Lipinski definition) is 1. The van der Waals surface area contributed by atoms with E-state index in [1.54, 1.807) is 0 Å². The summed E-state index contributed by atoms with van der Waals surface area (Å²) in [7, 11) is 0. The third-order valence-corrected chi connectivity index (χ3v) is 3.28. The average Bonchev–Trinajstić information content (AvgIpc) is 3.02. The highest BCUT2D eigenvalue weighted by molar-refractivity contribution is 5.28. The number of nitrogens with one attached hydrogen (secondary N) is 1. The molecule has 1 aromatic heterocycles. The van der Waals surface area contributed by atoms with E-state index in [-0.39, 0.29) is 0 Å². The van der Waals surface area contributed by atoms with Gasteiger partial charge in [0, 0.05) is 25.5 Å². The Hall–Kier alpha value is -1.81. The first-order valence-electron chi connectivity index (χ1n) is 7.76. The lowest BCUT2D eigenvalue weighted by atomic mass is 10.2. The molecule has 0 saturated heterocycles. The van der Waals surface area contributed by atoms with Crippen LogP contribution in [-0.4, -0.2) is 22.7 Å². The van der Waals surface area contributed by atoms with Gasteiger partial charge in [-0.2, -0.15) is 0 Å². The summed E-state index contributed by atoms with van der Waals surface area (Å²) in [6, 6.07) is 8.33. The molecular weight excluding hydrogens is 262 g/mol. The van der Waals surface area contributed by atoms with Gasteiger partial charge in [-0.15, -0.1) is 0 Å². The summed E-state index contributed by atoms with van der Waals surface area (Å²) in [5.74, 6) is 0.969. The Morgan fingerprint density at radius 1 is 1.29 bits per heavy atom. The molecule has 0 saturated carbocycles. The van der Waals surface area contributed by atoms with E-state index in [1.165, 1.54) is 18.4 Å². The highest BCUT2D eigenvalue weighted by Crippen LogP contribution is 2.13. The van der Waals surface area contributed by atoms with Crippen LogP contribution in [0.4, 0.5) is 0 Å². The van der Waals surface area contributed by atoms with Crippen molar-refractivity contribution in [1.29, 1.82) is 0 Å². The maximum atomic E-state index is 5.65. The number of rotatable bonds is 10. The van der Waals surface area contributed by atoms with Gasteiger partial charge in [0.05, 0.1) is 12.9 Å². The van der Waals surface area contributed by atoms with Crippen molar-refractivity contribution in [2.24, 2.45) is 0 Å². The molecule has 0 aliphatic carbocycles. The molecule has 0 bridgehead atoms. The fraction of sp³-hybridized carbons (Fsp3) is 0.471. The molecular formula is C17H25N3O. The van der Waals surface area contributed by atoms with Crippen LogP contribution in [0.15, 0.2) is 43.0 Å². The van der Waals surface area contributed by atoms with Gasteiger partial charge in [0.15, 0.2) is 0 Å². The second-order valence-corrected chi connectivity index (χ2v) is 5.18. The van der Waals surface area contributed by atoms with Crippen LogP contribution in [0, 0.1) is 0 Å².